The summed E-state index contributed by atoms with van der Waals surface area (Å²) in [5.74, 6) is -0.133. The van der Waals surface area contributed by atoms with Crippen molar-refractivity contribution < 1.29 is 4.79 Å². The lowest BCUT2D eigenvalue weighted by Crippen LogP contribution is -2.20. The summed E-state index contributed by atoms with van der Waals surface area (Å²) >= 11 is 0. The average molecular weight is 283 g/mol. The molecule has 0 radical (unpaired) electrons. The molecule has 2 aromatic rings. The zero-order valence-corrected chi connectivity index (χ0v) is 12.7. The number of nitrogen functional groups attached to an aromatic ring is 1. The predicted octanol–water partition coefficient (Wildman–Crippen LogP) is 3.09. The van der Waals surface area contributed by atoms with Gasteiger partial charge in [0.2, 0.25) is 0 Å². The molecule has 0 atom stereocenters. The Balaban J connectivity index is 2.38. The molecule has 0 unspecified atom stereocenters. The normalized spacial score (nSPS) is 10.2. The van der Waals surface area contributed by atoms with E-state index in [4.69, 9.17) is 5.73 Å². The molecule has 0 heterocycles. The smallest absolute Gasteiger partial charge is 0.251 e. The second kappa shape index (κ2) is 6.31. The van der Waals surface area contributed by atoms with Crippen LogP contribution in [0.1, 0.15) is 22.8 Å². The van der Waals surface area contributed by atoms with Crippen molar-refractivity contribution in [2.75, 3.05) is 24.2 Å². The third kappa shape index (κ3) is 3.16. The van der Waals surface area contributed by atoms with E-state index < -0.39 is 0 Å². The molecule has 3 N–H and O–H groups in total. The van der Waals surface area contributed by atoms with Crippen molar-refractivity contribution in [3.05, 3.63) is 53.6 Å². The van der Waals surface area contributed by atoms with Crippen molar-refractivity contribution in [3.8, 4) is 0 Å². The van der Waals surface area contributed by atoms with E-state index >= 15 is 0 Å². The molecule has 110 valence electrons. The number of anilines is 3. The highest BCUT2D eigenvalue weighted by molar-refractivity contribution is 5.96. The van der Waals surface area contributed by atoms with Crippen molar-refractivity contribution in [2.45, 2.75) is 13.8 Å². The Morgan fingerprint density at radius 1 is 1.19 bits per heavy atom. The standard InChI is InChI=1S/C17H21N3O/c1-4-20(14-8-5-12(2)6-9-14)16-10-7-13(11-15(16)18)17(21)19-3/h5-11H,4,18H2,1-3H3,(H,19,21). The van der Waals surface area contributed by atoms with Crippen LogP contribution in [0.5, 0.6) is 0 Å². The fourth-order valence-corrected chi connectivity index (χ4v) is 2.30. The molecule has 0 bridgehead atoms. The van der Waals surface area contributed by atoms with Crippen LogP contribution in [0.25, 0.3) is 0 Å². The SMILES string of the molecule is CCN(c1ccc(C)cc1)c1ccc(C(=O)NC)cc1N. The van der Waals surface area contributed by atoms with E-state index in [9.17, 15) is 4.79 Å². The Labute approximate surface area is 125 Å². The van der Waals surface area contributed by atoms with Gasteiger partial charge in [-0.15, -0.1) is 0 Å². The average Bonchev–Trinajstić information content (AvgIpc) is 2.50. The number of benzene rings is 2. The molecule has 0 aromatic heterocycles. The second-order valence-electron chi connectivity index (χ2n) is 4.93. The van der Waals surface area contributed by atoms with E-state index in [0.717, 1.165) is 17.9 Å². The summed E-state index contributed by atoms with van der Waals surface area (Å²) in [6.07, 6.45) is 0. The van der Waals surface area contributed by atoms with Crippen LogP contribution in [0.3, 0.4) is 0 Å². The lowest BCUT2D eigenvalue weighted by atomic mass is 10.1. The lowest BCUT2D eigenvalue weighted by molar-refractivity contribution is 0.0963. The molecule has 4 heteroatoms. The summed E-state index contributed by atoms with van der Waals surface area (Å²) in [6, 6.07) is 13.7. The minimum Gasteiger partial charge on any atom is -0.397 e. The quantitative estimate of drug-likeness (QED) is 0.848. The first kappa shape index (κ1) is 14.9. The summed E-state index contributed by atoms with van der Waals surface area (Å²) in [5, 5.41) is 2.60. The number of rotatable bonds is 4. The number of aryl methyl sites for hydroxylation is 1. The monoisotopic (exact) mass is 283 g/mol. The topological polar surface area (TPSA) is 58.4 Å². The largest absolute Gasteiger partial charge is 0.397 e. The van der Waals surface area contributed by atoms with Crippen LogP contribution in [0.4, 0.5) is 17.1 Å². The molecule has 0 aliphatic rings. The van der Waals surface area contributed by atoms with E-state index in [2.05, 4.69) is 48.3 Å². The van der Waals surface area contributed by atoms with Gasteiger partial charge in [-0.25, -0.2) is 0 Å². The molecule has 0 saturated carbocycles. The van der Waals surface area contributed by atoms with Gasteiger partial charge in [-0.2, -0.15) is 0 Å². The Hall–Kier alpha value is -2.49. The third-order valence-electron chi connectivity index (χ3n) is 3.47. The second-order valence-corrected chi connectivity index (χ2v) is 4.93. The number of hydrogen-bond donors (Lipinski definition) is 2. The first-order chi connectivity index (χ1) is 10.1. The van der Waals surface area contributed by atoms with Gasteiger partial charge in [0.25, 0.3) is 5.91 Å². The molecule has 0 fully saturated rings. The summed E-state index contributed by atoms with van der Waals surface area (Å²) in [4.78, 5) is 13.8. The molecule has 4 nitrogen and oxygen atoms in total. The highest BCUT2D eigenvalue weighted by Crippen LogP contribution is 2.31. The Morgan fingerprint density at radius 2 is 1.86 bits per heavy atom. The maximum absolute atomic E-state index is 11.6. The van der Waals surface area contributed by atoms with Crippen LogP contribution in [0.15, 0.2) is 42.5 Å². The molecule has 21 heavy (non-hydrogen) atoms. The van der Waals surface area contributed by atoms with Crippen LogP contribution in [-0.4, -0.2) is 19.5 Å². The van der Waals surface area contributed by atoms with Crippen molar-refractivity contribution >= 4 is 23.0 Å². The summed E-state index contributed by atoms with van der Waals surface area (Å²) in [5.41, 5.74) is 10.5. The van der Waals surface area contributed by atoms with Gasteiger partial charge in [-0.3, -0.25) is 4.79 Å². The summed E-state index contributed by atoms with van der Waals surface area (Å²) < 4.78 is 0. The van der Waals surface area contributed by atoms with Gasteiger partial charge in [0.1, 0.15) is 0 Å². The van der Waals surface area contributed by atoms with Gasteiger partial charge in [-0.1, -0.05) is 17.7 Å². The molecule has 0 aliphatic carbocycles. The number of carbonyl (C=O) groups is 1. The molecule has 0 spiro atoms. The van der Waals surface area contributed by atoms with Gasteiger partial charge < -0.3 is 16.0 Å². The van der Waals surface area contributed by atoms with E-state index in [1.807, 2.05) is 6.07 Å². The number of carbonyl (C=O) groups excluding carboxylic acids is 1. The van der Waals surface area contributed by atoms with E-state index in [0.29, 0.717) is 11.3 Å². The number of nitrogens with one attached hydrogen (secondary N) is 1. The highest BCUT2D eigenvalue weighted by Gasteiger charge is 2.12. The first-order valence-corrected chi connectivity index (χ1v) is 7.02. The summed E-state index contributed by atoms with van der Waals surface area (Å²) in [6.45, 7) is 4.94. The lowest BCUT2D eigenvalue weighted by Gasteiger charge is -2.25. The van der Waals surface area contributed by atoms with Gasteiger partial charge >= 0.3 is 0 Å². The van der Waals surface area contributed by atoms with Crippen LogP contribution < -0.4 is 16.0 Å². The zero-order chi connectivity index (χ0) is 15.4. The number of nitrogens with two attached hydrogens (primary N) is 1. The van der Waals surface area contributed by atoms with Crippen LogP contribution >= 0.6 is 0 Å². The zero-order valence-electron chi connectivity index (χ0n) is 12.7. The molecular weight excluding hydrogens is 262 g/mol. The minimum absolute atomic E-state index is 0.133. The molecule has 2 rings (SSSR count). The maximum Gasteiger partial charge on any atom is 0.251 e. The fourth-order valence-electron chi connectivity index (χ4n) is 2.30. The molecule has 0 aliphatic heterocycles. The third-order valence-corrected chi connectivity index (χ3v) is 3.47. The van der Waals surface area contributed by atoms with E-state index in [1.54, 1.807) is 19.2 Å². The molecule has 0 saturated heterocycles. The van der Waals surface area contributed by atoms with Gasteiger partial charge in [0.15, 0.2) is 0 Å². The van der Waals surface area contributed by atoms with Crippen LogP contribution in [-0.2, 0) is 0 Å². The molecule has 1 amide bonds. The van der Waals surface area contributed by atoms with Gasteiger partial charge in [-0.05, 0) is 44.2 Å². The van der Waals surface area contributed by atoms with E-state index in [1.165, 1.54) is 5.56 Å². The molecule has 2 aromatic carbocycles. The highest BCUT2D eigenvalue weighted by atomic mass is 16.1. The Kier molecular flexibility index (Phi) is 4.48. The van der Waals surface area contributed by atoms with Crippen molar-refractivity contribution in [2.24, 2.45) is 0 Å². The van der Waals surface area contributed by atoms with E-state index in [-0.39, 0.29) is 5.91 Å². The van der Waals surface area contributed by atoms with Gasteiger partial charge in [0, 0.05) is 24.8 Å². The summed E-state index contributed by atoms with van der Waals surface area (Å²) in [7, 11) is 1.61. The van der Waals surface area contributed by atoms with Crippen LogP contribution in [0.2, 0.25) is 0 Å². The van der Waals surface area contributed by atoms with Crippen LogP contribution in [0, 0.1) is 6.92 Å². The number of amides is 1. The number of hydrogen-bond acceptors (Lipinski definition) is 3. The maximum atomic E-state index is 11.6. The van der Waals surface area contributed by atoms with Crippen molar-refractivity contribution in [1.82, 2.24) is 5.32 Å². The van der Waals surface area contributed by atoms with Crippen molar-refractivity contribution in [1.29, 1.82) is 0 Å². The Morgan fingerprint density at radius 3 is 2.38 bits per heavy atom. The Bertz CT molecular complexity index is 635. The fraction of sp³-hybridized carbons (Fsp3) is 0.235. The van der Waals surface area contributed by atoms with Crippen molar-refractivity contribution in [3.63, 3.8) is 0 Å². The number of nitrogens with zero attached hydrogens (tertiary/aromatic N) is 1. The molecular formula is C17H21N3O. The predicted molar refractivity (Wildman–Crippen MR) is 88.1 cm³/mol. The van der Waals surface area contributed by atoms with Gasteiger partial charge in [0.05, 0.1) is 11.4 Å². The first-order valence-electron chi connectivity index (χ1n) is 7.02. The minimum atomic E-state index is -0.133.